The number of aromatic nitrogens is 2. The number of hydrogen-bond donors (Lipinski definition) is 1. The van der Waals surface area contributed by atoms with Crippen molar-refractivity contribution in [3.63, 3.8) is 0 Å². The summed E-state index contributed by atoms with van der Waals surface area (Å²) in [5.41, 5.74) is 2.41. The normalized spacial score (nSPS) is 13.1. The zero-order valence-corrected chi connectivity index (χ0v) is 19.3. The lowest BCUT2D eigenvalue weighted by molar-refractivity contribution is -0.384. The van der Waals surface area contributed by atoms with Crippen molar-refractivity contribution in [3.8, 4) is 17.2 Å². The highest BCUT2D eigenvalue weighted by molar-refractivity contribution is 8.00. The molecular weight excluding hydrogens is 475 g/mol. The molecule has 1 amide bonds. The van der Waals surface area contributed by atoms with E-state index < -0.39 is 10.2 Å². The summed E-state index contributed by atoms with van der Waals surface area (Å²) in [6.07, 6.45) is 0. The Kier molecular flexibility index (Phi) is 6.00. The monoisotopic (exact) mass is 494 g/mol. The number of imidazole rings is 1. The van der Waals surface area contributed by atoms with Crippen LogP contribution in [0.3, 0.4) is 0 Å². The van der Waals surface area contributed by atoms with Crippen molar-refractivity contribution < 1.29 is 23.6 Å². The number of nitrogens with zero attached hydrogens (tertiary/aromatic N) is 3. The van der Waals surface area contributed by atoms with E-state index in [9.17, 15) is 19.3 Å². The van der Waals surface area contributed by atoms with Crippen LogP contribution >= 0.6 is 11.8 Å². The van der Waals surface area contributed by atoms with Crippen LogP contribution in [0.15, 0.2) is 65.8 Å². The van der Waals surface area contributed by atoms with Gasteiger partial charge in [-0.1, -0.05) is 17.8 Å². The first-order valence-corrected chi connectivity index (χ1v) is 11.5. The number of carbonyl (C=O) groups is 1. The Morgan fingerprint density at radius 3 is 2.71 bits per heavy atom. The standard InChI is InChI=1S/C24H19FN4O5S/c1-14(23(30)26-12-15-2-9-21-22(10-15)34-13-33-21)35-24-27-19-11-18(29(31)32)7-8-20(19)28(24)17-5-3-16(25)4-6-17/h2-11,14H,12-13H2,1H3,(H,26,30)/t14-/m0/s1. The maximum atomic E-state index is 13.5. The van der Waals surface area contributed by atoms with Gasteiger partial charge in [-0.15, -0.1) is 0 Å². The highest BCUT2D eigenvalue weighted by Crippen LogP contribution is 2.34. The fraction of sp³-hybridized carbons (Fsp3) is 0.167. The number of rotatable bonds is 7. The van der Waals surface area contributed by atoms with Crippen molar-refractivity contribution in [2.24, 2.45) is 0 Å². The second kappa shape index (κ2) is 9.26. The number of ether oxygens (including phenoxy) is 2. The van der Waals surface area contributed by atoms with E-state index in [0.29, 0.717) is 39.9 Å². The Morgan fingerprint density at radius 2 is 1.94 bits per heavy atom. The molecule has 0 aliphatic carbocycles. The molecule has 9 nitrogen and oxygen atoms in total. The smallest absolute Gasteiger partial charge is 0.271 e. The van der Waals surface area contributed by atoms with Crippen molar-refractivity contribution >= 4 is 34.4 Å². The molecule has 0 fully saturated rings. The third-order valence-electron chi connectivity index (χ3n) is 5.46. The molecule has 4 aromatic rings. The largest absolute Gasteiger partial charge is 0.454 e. The second-order valence-electron chi connectivity index (χ2n) is 7.80. The summed E-state index contributed by atoms with van der Waals surface area (Å²) < 4.78 is 26.0. The topological polar surface area (TPSA) is 109 Å². The van der Waals surface area contributed by atoms with Crippen molar-refractivity contribution in [3.05, 3.63) is 82.2 Å². The quantitative estimate of drug-likeness (QED) is 0.227. The van der Waals surface area contributed by atoms with Gasteiger partial charge in [0.2, 0.25) is 12.7 Å². The summed E-state index contributed by atoms with van der Waals surface area (Å²) in [5.74, 6) is 0.709. The van der Waals surface area contributed by atoms with Gasteiger partial charge in [0.25, 0.3) is 5.69 Å². The first-order chi connectivity index (χ1) is 16.9. The van der Waals surface area contributed by atoms with Crippen LogP contribution in [0.1, 0.15) is 12.5 Å². The van der Waals surface area contributed by atoms with Crippen LogP contribution in [0.25, 0.3) is 16.7 Å². The maximum absolute atomic E-state index is 13.5. The molecule has 0 saturated heterocycles. The predicted octanol–water partition coefficient (Wildman–Crippen LogP) is 4.60. The third-order valence-corrected chi connectivity index (χ3v) is 6.51. The number of non-ortho nitro benzene ring substituents is 1. The fourth-order valence-corrected chi connectivity index (χ4v) is 4.64. The molecule has 1 N–H and O–H groups in total. The van der Waals surface area contributed by atoms with Gasteiger partial charge in [-0.3, -0.25) is 19.5 Å². The molecular formula is C24H19FN4O5S. The highest BCUT2D eigenvalue weighted by Gasteiger charge is 2.22. The van der Waals surface area contributed by atoms with Crippen molar-refractivity contribution in [2.75, 3.05) is 6.79 Å². The average molecular weight is 495 g/mol. The Hall–Kier alpha value is -4.12. The van der Waals surface area contributed by atoms with Crippen LogP contribution in [-0.4, -0.2) is 32.4 Å². The van der Waals surface area contributed by atoms with Crippen LogP contribution in [0, 0.1) is 15.9 Å². The molecule has 1 aromatic heterocycles. The zero-order chi connectivity index (χ0) is 24.5. The summed E-state index contributed by atoms with van der Waals surface area (Å²) in [4.78, 5) is 28.1. The van der Waals surface area contributed by atoms with Gasteiger partial charge >= 0.3 is 0 Å². The predicted molar refractivity (Wildman–Crippen MR) is 127 cm³/mol. The molecule has 0 saturated carbocycles. The number of thioether (sulfide) groups is 1. The van der Waals surface area contributed by atoms with E-state index in [1.165, 1.54) is 36.0 Å². The van der Waals surface area contributed by atoms with Crippen LogP contribution < -0.4 is 14.8 Å². The Labute approximate surface area is 203 Å². The molecule has 11 heteroatoms. The molecule has 0 bridgehead atoms. The minimum absolute atomic E-state index is 0.0904. The number of nitro groups is 1. The summed E-state index contributed by atoms with van der Waals surface area (Å²) in [7, 11) is 0. The van der Waals surface area contributed by atoms with E-state index in [1.807, 2.05) is 12.1 Å². The van der Waals surface area contributed by atoms with Gasteiger partial charge < -0.3 is 14.8 Å². The fourth-order valence-electron chi connectivity index (χ4n) is 3.67. The maximum Gasteiger partial charge on any atom is 0.271 e. The Bertz CT molecular complexity index is 1440. The van der Waals surface area contributed by atoms with E-state index in [-0.39, 0.29) is 24.2 Å². The average Bonchev–Trinajstić information content (AvgIpc) is 3.46. The number of carbonyl (C=O) groups excluding carboxylic acids is 1. The van der Waals surface area contributed by atoms with E-state index in [1.54, 1.807) is 35.8 Å². The first-order valence-electron chi connectivity index (χ1n) is 10.6. The van der Waals surface area contributed by atoms with Gasteiger partial charge in [0.1, 0.15) is 5.82 Å². The molecule has 0 spiro atoms. The summed E-state index contributed by atoms with van der Waals surface area (Å²) in [6.45, 7) is 2.23. The molecule has 0 unspecified atom stereocenters. The lowest BCUT2D eigenvalue weighted by Crippen LogP contribution is -2.30. The van der Waals surface area contributed by atoms with Gasteiger partial charge in [0.05, 0.1) is 21.2 Å². The molecule has 1 aliphatic rings. The van der Waals surface area contributed by atoms with Gasteiger partial charge in [0, 0.05) is 24.4 Å². The van der Waals surface area contributed by atoms with Crippen molar-refractivity contribution in [1.82, 2.24) is 14.9 Å². The summed E-state index contributed by atoms with van der Waals surface area (Å²) in [6, 6.07) is 15.7. The number of fused-ring (bicyclic) bond motifs is 2. The van der Waals surface area contributed by atoms with Gasteiger partial charge in [-0.05, 0) is 55.0 Å². The van der Waals surface area contributed by atoms with E-state index in [2.05, 4.69) is 10.3 Å². The second-order valence-corrected chi connectivity index (χ2v) is 9.11. The number of benzene rings is 3. The number of amides is 1. The Morgan fingerprint density at radius 1 is 1.17 bits per heavy atom. The third kappa shape index (κ3) is 4.62. The van der Waals surface area contributed by atoms with Crippen molar-refractivity contribution in [2.45, 2.75) is 23.9 Å². The minimum atomic E-state index is -0.532. The highest BCUT2D eigenvalue weighted by atomic mass is 32.2. The Balaban J connectivity index is 1.38. The van der Waals surface area contributed by atoms with Crippen LogP contribution in [0.4, 0.5) is 10.1 Å². The van der Waals surface area contributed by atoms with Crippen LogP contribution in [-0.2, 0) is 11.3 Å². The van der Waals surface area contributed by atoms with Gasteiger partial charge in [-0.2, -0.15) is 0 Å². The SMILES string of the molecule is C[C@H](Sc1nc2cc([N+](=O)[O-])ccc2n1-c1ccc(F)cc1)C(=O)NCc1ccc2c(c1)OCO2. The molecule has 178 valence electrons. The number of nitro benzene ring substituents is 1. The lowest BCUT2D eigenvalue weighted by atomic mass is 10.2. The molecule has 3 aromatic carbocycles. The summed E-state index contributed by atoms with van der Waals surface area (Å²) in [5, 5.41) is 14.0. The van der Waals surface area contributed by atoms with Gasteiger partial charge in [-0.25, -0.2) is 9.37 Å². The lowest BCUT2D eigenvalue weighted by Gasteiger charge is -2.14. The summed E-state index contributed by atoms with van der Waals surface area (Å²) >= 11 is 1.20. The number of nitrogens with one attached hydrogen (secondary N) is 1. The molecule has 5 rings (SSSR count). The van der Waals surface area contributed by atoms with Crippen molar-refractivity contribution in [1.29, 1.82) is 0 Å². The molecule has 1 aliphatic heterocycles. The first kappa shape index (κ1) is 22.7. The van der Waals surface area contributed by atoms with E-state index in [4.69, 9.17) is 9.47 Å². The van der Waals surface area contributed by atoms with Crippen LogP contribution in [0.5, 0.6) is 11.5 Å². The van der Waals surface area contributed by atoms with E-state index in [0.717, 1.165) is 5.56 Å². The zero-order valence-electron chi connectivity index (χ0n) is 18.4. The van der Waals surface area contributed by atoms with Crippen LogP contribution in [0.2, 0.25) is 0 Å². The molecule has 2 heterocycles. The minimum Gasteiger partial charge on any atom is -0.454 e. The molecule has 35 heavy (non-hydrogen) atoms. The molecule has 1 atom stereocenters. The molecule has 0 radical (unpaired) electrons. The number of halogens is 1. The van der Waals surface area contributed by atoms with Gasteiger partial charge in [0.15, 0.2) is 16.7 Å². The number of hydrogen-bond acceptors (Lipinski definition) is 7. The van der Waals surface area contributed by atoms with E-state index >= 15 is 0 Å².